The number of hydrogen-bond acceptors (Lipinski definition) is 16. The van der Waals surface area contributed by atoms with Gasteiger partial charge in [0.1, 0.15) is 72.6 Å². The molecule has 0 unspecified atom stereocenters. The van der Waals surface area contributed by atoms with Crippen LogP contribution in [0.4, 0.5) is 0 Å². The van der Waals surface area contributed by atoms with Crippen LogP contribution >= 0.6 is 0 Å². The van der Waals surface area contributed by atoms with Crippen LogP contribution in [0.15, 0.2) is 12.2 Å². The first-order valence-electron chi connectivity index (χ1n) is 35.3. The Morgan fingerprint density at radius 3 is 1.53 bits per heavy atom. The SMILES string of the molecule is C/C=C/C[C@@H](C)[C@@H](OC(C)=O)[C@H]1C(=O)N[C@@H](CC)C(=O)N(C)[C@H](C)C(=O)N(C)[C@@H]([C@H](C)COC[C@@H]2CN(CC)CCO2)C(=O)N[C@@H](C(C)C)C(=O)N(C)[C@@H](CC(C)C)C(=O)N[C@@H](C)C(=O)N[C@H](C)C(=O)N(C)[C@@H](CC(C)C)C(=O)N(C)[C@@H](CC(C)C)C(=O)N(C)[C@@H](C(C)C)C(=O)N1C. The van der Waals surface area contributed by atoms with Crippen molar-refractivity contribution in [2.45, 2.75) is 242 Å². The Hall–Kier alpha value is -6.74. The molecule has 2 aliphatic rings. The molecule has 11 amide bonds. The van der Waals surface area contributed by atoms with Crippen molar-refractivity contribution in [2.24, 2.45) is 41.4 Å². The molecule has 15 atom stereocenters. The van der Waals surface area contributed by atoms with Crippen molar-refractivity contribution >= 4 is 70.9 Å². The van der Waals surface area contributed by atoms with Gasteiger partial charge in [-0.15, -0.1) is 0 Å². The predicted molar refractivity (Wildman–Crippen MR) is 375 cm³/mol. The van der Waals surface area contributed by atoms with Crippen molar-refractivity contribution in [3.05, 3.63) is 12.2 Å². The van der Waals surface area contributed by atoms with Crippen molar-refractivity contribution in [1.82, 2.24) is 60.5 Å². The summed E-state index contributed by atoms with van der Waals surface area (Å²) in [7, 11) is 9.89. The number of nitrogens with zero attached hydrogens (tertiary/aromatic N) is 8. The van der Waals surface area contributed by atoms with Gasteiger partial charge in [-0.1, -0.05) is 109 Å². The van der Waals surface area contributed by atoms with E-state index in [2.05, 4.69) is 33.1 Å². The molecule has 4 N–H and O–H groups in total. The number of carbonyl (C=O) groups is 12. The number of allylic oxidation sites excluding steroid dienone is 2. The van der Waals surface area contributed by atoms with Gasteiger partial charge in [0.25, 0.3) is 0 Å². The molecule has 0 aromatic carbocycles. The van der Waals surface area contributed by atoms with Gasteiger partial charge in [-0.25, -0.2) is 0 Å². The highest BCUT2D eigenvalue weighted by molar-refractivity contribution is 6.00. The smallest absolute Gasteiger partial charge is 0.303 e. The lowest BCUT2D eigenvalue weighted by Gasteiger charge is -2.42. The molecular weight excluding hydrogens is 1260 g/mol. The van der Waals surface area contributed by atoms with E-state index in [4.69, 9.17) is 14.2 Å². The van der Waals surface area contributed by atoms with Crippen molar-refractivity contribution in [3.8, 4) is 0 Å². The van der Waals surface area contributed by atoms with E-state index in [0.29, 0.717) is 13.2 Å². The van der Waals surface area contributed by atoms with Crippen LogP contribution in [0, 0.1) is 41.4 Å². The van der Waals surface area contributed by atoms with Crippen molar-refractivity contribution < 1.29 is 71.7 Å². The summed E-state index contributed by atoms with van der Waals surface area (Å²) in [6.07, 6.45) is 2.61. The van der Waals surface area contributed by atoms with E-state index in [1.807, 2.05) is 47.6 Å². The van der Waals surface area contributed by atoms with Gasteiger partial charge in [-0.2, -0.15) is 0 Å². The first-order chi connectivity index (χ1) is 45.5. The van der Waals surface area contributed by atoms with E-state index < -0.39 is 167 Å². The topological polar surface area (TPSA) is 307 Å². The quantitative estimate of drug-likeness (QED) is 0.100. The zero-order valence-electron chi connectivity index (χ0n) is 64.2. The first-order valence-corrected chi connectivity index (χ1v) is 35.3. The van der Waals surface area contributed by atoms with Crippen molar-refractivity contribution in [2.75, 3.05) is 88.8 Å². The lowest BCUT2D eigenvalue weighted by atomic mass is 9.91. The monoisotopic (exact) mass is 1390 g/mol. The number of likely N-dealkylation sites (N-methyl/N-ethyl adjacent to an activating group) is 8. The maximum atomic E-state index is 15.5. The third-order valence-electron chi connectivity index (χ3n) is 19.0. The summed E-state index contributed by atoms with van der Waals surface area (Å²) in [5.41, 5.74) is 0. The van der Waals surface area contributed by atoms with Gasteiger partial charge >= 0.3 is 5.97 Å². The summed E-state index contributed by atoms with van der Waals surface area (Å²) in [5.74, 6) is -11.7. The van der Waals surface area contributed by atoms with Crippen LogP contribution in [-0.4, -0.2) is 278 Å². The molecule has 0 saturated carbocycles. The number of ether oxygens (including phenoxy) is 3. The summed E-state index contributed by atoms with van der Waals surface area (Å²) in [4.78, 5) is 189. The zero-order chi connectivity index (χ0) is 75.2. The summed E-state index contributed by atoms with van der Waals surface area (Å²) in [6, 6.07) is -14.3. The molecule has 2 aliphatic heterocycles. The maximum absolute atomic E-state index is 15.5. The van der Waals surface area contributed by atoms with Crippen LogP contribution in [0.1, 0.15) is 164 Å². The first kappa shape index (κ1) is 87.3. The minimum Gasteiger partial charge on any atom is -0.459 e. The summed E-state index contributed by atoms with van der Waals surface area (Å²) in [6.45, 7) is 35.3. The molecule has 0 radical (unpaired) electrons. The number of esters is 1. The fourth-order valence-electron chi connectivity index (χ4n) is 12.8. The fraction of sp³-hybridized carbons (Fsp3) is 0.803. The van der Waals surface area contributed by atoms with E-state index >= 15 is 28.8 Å². The Morgan fingerprint density at radius 2 is 1.03 bits per heavy atom. The van der Waals surface area contributed by atoms with Crippen molar-refractivity contribution in [3.63, 3.8) is 0 Å². The third-order valence-corrected chi connectivity index (χ3v) is 19.0. The molecule has 2 saturated heterocycles. The molecule has 2 rings (SSSR count). The average Bonchev–Trinajstić information content (AvgIpc) is 0.844. The van der Waals surface area contributed by atoms with Crippen LogP contribution in [-0.2, 0) is 71.7 Å². The summed E-state index contributed by atoms with van der Waals surface area (Å²) in [5, 5.41) is 11.1. The number of hydrogen-bond donors (Lipinski definition) is 4. The highest BCUT2D eigenvalue weighted by Gasteiger charge is 2.48. The molecule has 0 aromatic rings. The van der Waals surface area contributed by atoms with Gasteiger partial charge in [-0.3, -0.25) is 62.4 Å². The van der Waals surface area contributed by atoms with Crippen LogP contribution in [0.2, 0.25) is 0 Å². The maximum Gasteiger partial charge on any atom is 0.303 e. The lowest BCUT2D eigenvalue weighted by molar-refractivity contribution is -0.164. The molecular formula is C71H126N12O15. The van der Waals surface area contributed by atoms with E-state index in [1.54, 1.807) is 61.5 Å². The third kappa shape index (κ3) is 24.3. The van der Waals surface area contributed by atoms with Crippen LogP contribution < -0.4 is 21.3 Å². The largest absolute Gasteiger partial charge is 0.459 e. The number of rotatable bonds is 20. The van der Waals surface area contributed by atoms with Gasteiger partial charge in [0.05, 0.1) is 25.9 Å². The Bertz CT molecular complexity index is 2730. The standard InChI is InChI=1S/C71H126N12O15/c1-27-30-31-45(14)60(98-50(19)84)59-64(88)74-52(28-2)67(91)76(20)49(18)66(90)81(25)58(46(15)38-96-39-51-37-83(29-3)32-33-97-51)63(87)75-56(43(10)11)70(94)77(21)53(34-40(4)5)62(86)72-47(16)61(85)73-48(17)65(89)78(22)54(35-41(6)7)68(92)79(23)55(36-42(8)9)69(93)80(24)57(44(12)13)71(95)82(59)26/h27,30,40-49,51-60H,28-29,31-39H2,1-26H3,(H,72,86)(H,73,85)(H,74,88)(H,75,87)/b30-27+/t45-,46-,47+,48-,49-,51+,52+,53+,54+,55+,56+,57+,58+,59+,60-/m1/s1. The highest BCUT2D eigenvalue weighted by Crippen LogP contribution is 2.27. The Labute approximate surface area is 585 Å². The van der Waals surface area contributed by atoms with Crippen LogP contribution in [0.25, 0.3) is 0 Å². The molecule has 98 heavy (non-hydrogen) atoms. The molecule has 560 valence electrons. The number of carbonyl (C=O) groups excluding carboxylic acids is 12. The number of nitrogens with one attached hydrogen (secondary N) is 4. The Morgan fingerprint density at radius 1 is 0.541 bits per heavy atom. The fourth-order valence-corrected chi connectivity index (χ4v) is 12.8. The average molecular weight is 1390 g/mol. The second kappa shape index (κ2) is 40.5. The van der Waals surface area contributed by atoms with E-state index in [9.17, 15) is 28.8 Å². The Balaban J connectivity index is 3.11. The highest BCUT2D eigenvalue weighted by atomic mass is 16.5. The predicted octanol–water partition coefficient (Wildman–Crippen LogP) is 3.56. The molecule has 27 heteroatoms. The summed E-state index contributed by atoms with van der Waals surface area (Å²) < 4.78 is 18.2. The molecule has 0 aromatic heterocycles. The molecule has 2 heterocycles. The van der Waals surface area contributed by atoms with Gasteiger partial charge < -0.3 is 69.8 Å². The van der Waals surface area contributed by atoms with Gasteiger partial charge in [0.15, 0.2) is 0 Å². The Kier molecular flexibility index (Phi) is 36.1. The summed E-state index contributed by atoms with van der Waals surface area (Å²) >= 11 is 0. The zero-order valence-corrected chi connectivity index (χ0v) is 64.2. The minimum absolute atomic E-state index is 0.0361. The van der Waals surface area contributed by atoms with E-state index in [-0.39, 0.29) is 69.2 Å². The molecule has 2 fully saturated rings. The van der Waals surface area contributed by atoms with Gasteiger partial charge in [-0.05, 0) is 102 Å². The number of morpholine rings is 1. The second-order valence-corrected chi connectivity index (χ2v) is 29.3. The van der Waals surface area contributed by atoms with Crippen LogP contribution in [0.5, 0.6) is 0 Å². The molecule has 0 bridgehead atoms. The van der Waals surface area contributed by atoms with Crippen LogP contribution in [0.3, 0.4) is 0 Å². The molecule has 27 nitrogen and oxygen atoms in total. The molecule has 0 aliphatic carbocycles. The minimum atomic E-state index is -1.64. The van der Waals surface area contributed by atoms with Gasteiger partial charge in [0, 0.05) is 75.3 Å². The molecule has 0 spiro atoms. The van der Waals surface area contributed by atoms with E-state index in [0.717, 1.165) is 22.9 Å². The normalized spacial score (nSPS) is 27.8. The van der Waals surface area contributed by atoms with E-state index in [1.165, 1.54) is 102 Å². The van der Waals surface area contributed by atoms with Gasteiger partial charge in [0.2, 0.25) is 65.0 Å². The lowest BCUT2D eigenvalue weighted by Crippen LogP contribution is -2.64. The van der Waals surface area contributed by atoms with Crippen molar-refractivity contribution in [1.29, 1.82) is 0 Å². The number of amides is 11. The second-order valence-electron chi connectivity index (χ2n) is 29.3.